The number of carbonyl (C=O) groups is 3. The monoisotopic (exact) mass is 648 g/mol. The van der Waals surface area contributed by atoms with Crippen LogP contribution in [0.4, 0.5) is 10.5 Å². The van der Waals surface area contributed by atoms with Crippen molar-refractivity contribution >= 4 is 79.7 Å². The van der Waals surface area contributed by atoms with Gasteiger partial charge in [-0.15, -0.1) is 0 Å². The van der Waals surface area contributed by atoms with Gasteiger partial charge in [0.1, 0.15) is 32.1 Å². The van der Waals surface area contributed by atoms with Crippen molar-refractivity contribution in [2.45, 2.75) is 6.61 Å². The van der Waals surface area contributed by atoms with Crippen molar-refractivity contribution in [2.24, 2.45) is 0 Å². The molecule has 0 bridgehead atoms. The number of fused-ring (bicyclic) bond motifs is 1. The van der Waals surface area contributed by atoms with Gasteiger partial charge in [0.25, 0.3) is 11.1 Å². The Hall–Kier alpha value is -3.18. The highest BCUT2D eigenvalue weighted by Crippen LogP contribution is 2.35. The maximum absolute atomic E-state index is 12.9. The Morgan fingerprint density at radius 2 is 1.85 bits per heavy atom. The molecule has 2 aliphatic heterocycles. The van der Waals surface area contributed by atoms with Gasteiger partial charge in [-0.25, -0.2) is 0 Å². The van der Waals surface area contributed by atoms with Gasteiger partial charge in [-0.05, 0) is 75.7 Å². The van der Waals surface area contributed by atoms with Crippen molar-refractivity contribution in [1.29, 1.82) is 0 Å². The molecule has 12 heteroatoms. The van der Waals surface area contributed by atoms with Gasteiger partial charge in [0.2, 0.25) is 5.91 Å². The van der Waals surface area contributed by atoms with Crippen LogP contribution in [-0.2, 0) is 16.2 Å². The number of rotatable bonds is 7. The summed E-state index contributed by atoms with van der Waals surface area (Å²) in [6.07, 6.45) is 1.59. The number of halogens is 3. The lowest BCUT2D eigenvalue weighted by molar-refractivity contribution is -0.127. The molecule has 0 radical (unpaired) electrons. The molecule has 200 valence electrons. The molecule has 8 nitrogen and oxygen atoms in total. The van der Waals surface area contributed by atoms with Crippen LogP contribution in [0, 0.1) is 0 Å². The van der Waals surface area contributed by atoms with Crippen LogP contribution in [0.1, 0.15) is 11.1 Å². The van der Waals surface area contributed by atoms with E-state index in [4.69, 9.17) is 37.4 Å². The van der Waals surface area contributed by atoms with Gasteiger partial charge in [0.15, 0.2) is 11.5 Å². The highest BCUT2D eigenvalue weighted by molar-refractivity contribution is 9.10. The zero-order valence-corrected chi connectivity index (χ0v) is 24.0. The number of benzene rings is 3. The van der Waals surface area contributed by atoms with Crippen molar-refractivity contribution in [3.63, 3.8) is 0 Å². The third-order valence-electron chi connectivity index (χ3n) is 5.65. The first-order valence-electron chi connectivity index (χ1n) is 11.6. The van der Waals surface area contributed by atoms with E-state index in [2.05, 4.69) is 21.2 Å². The number of amides is 3. The Labute approximate surface area is 246 Å². The van der Waals surface area contributed by atoms with Crippen LogP contribution in [-0.4, -0.2) is 41.7 Å². The van der Waals surface area contributed by atoms with Gasteiger partial charge in [-0.3, -0.25) is 19.3 Å². The summed E-state index contributed by atoms with van der Waals surface area (Å²) in [5.74, 6) is 0.621. The Kier molecular flexibility index (Phi) is 8.37. The summed E-state index contributed by atoms with van der Waals surface area (Å²) < 4.78 is 17.5. The van der Waals surface area contributed by atoms with E-state index in [9.17, 15) is 14.4 Å². The van der Waals surface area contributed by atoms with Gasteiger partial charge in [-0.1, -0.05) is 35.3 Å². The van der Waals surface area contributed by atoms with Crippen LogP contribution < -0.4 is 19.5 Å². The van der Waals surface area contributed by atoms with E-state index in [0.717, 1.165) is 22.2 Å². The number of nitrogens with one attached hydrogen (secondary N) is 1. The molecule has 1 fully saturated rings. The third-order valence-corrected chi connectivity index (χ3v) is 7.77. The second-order valence-corrected chi connectivity index (χ2v) is 11.1. The molecule has 0 spiro atoms. The lowest BCUT2D eigenvalue weighted by Gasteiger charge is -2.19. The van der Waals surface area contributed by atoms with Crippen molar-refractivity contribution in [3.05, 3.63) is 85.1 Å². The molecular formula is C27H19BrCl2N2O6S. The maximum Gasteiger partial charge on any atom is 0.294 e. The number of carbonyl (C=O) groups excluding carboxylic acids is 3. The van der Waals surface area contributed by atoms with Gasteiger partial charge < -0.3 is 19.5 Å². The van der Waals surface area contributed by atoms with Crippen LogP contribution in [0.15, 0.2) is 64.0 Å². The normalized spacial score (nSPS) is 15.6. The summed E-state index contributed by atoms with van der Waals surface area (Å²) >= 11 is 16.4. The van der Waals surface area contributed by atoms with E-state index in [1.165, 1.54) is 0 Å². The predicted molar refractivity (Wildman–Crippen MR) is 154 cm³/mol. The Balaban J connectivity index is 1.21. The van der Waals surface area contributed by atoms with Crippen LogP contribution in [0.2, 0.25) is 10.0 Å². The van der Waals surface area contributed by atoms with E-state index < -0.39 is 23.6 Å². The fourth-order valence-electron chi connectivity index (χ4n) is 3.77. The summed E-state index contributed by atoms with van der Waals surface area (Å²) in [5, 5.41) is 3.21. The minimum atomic E-state index is -0.545. The topological polar surface area (TPSA) is 94.2 Å². The fourth-order valence-corrected chi connectivity index (χ4v) is 5.58. The fraction of sp³-hybridized carbons (Fsp3) is 0.148. The zero-order valence-electron chi connectivity index (χ0n) is 20.0. The predicted octanol–water partition coefficient (Wildman–Crippen LogP) is 6.78. The number of anilines is 1. The molecule has 2 aliphatic rings. The number of imide groups is 1. The smallest absolute Gasteiger partial charge is 0.294 e. The highest BCUT2D eigenvalue weighted by Gasteiger charge is 2.36. The lowest BCUT2D eigenvalue weighted by atomic mass is 10.2. The van der Waals surface area contributed by atoms with Crippen molar-refractivity contribution in [3.8, 4) is 17.2 Å². The van der Waals surface area contributed by atoms with Gasteiger partial charge in [0, 0.05) is 27.4 Å². The molecular weight excluding hydrogens is 631 g/mol. The van der Waals surface area contributed by atoms with Crippen molar-refractivity contribution < 1.29 is 28.6 Å². The molecule has 0 saturated carbocycles. The molecule has 5 rings (SSSR count). The summed E-state index contributed by atoms with van der Waals surface area (Å²) in [6, 6.07) is 15.4. The van der Waals surface area contributed by atoms with Crippen molar-refractivity contribution in [2.75, 3.05) is 25.1 Å². The Bertz CT molecular complexity index is 1520. The second-order valence-electron chi connectivity index (χ2n) is 8.39. The first-order valence-corrected chi connectivity index (χ1v) is 13.9. The van der Waals surface area contributed by atoms with Gasteiger partial charge >= 0.3 is 0 Å². The Morgan fingerprint density at radius 3 is 2.62 bits per heavy atom. The van der Waals surface area contributed by atoms with Crippen LogP contribution in [0.5, 0.6) is 17.2 Å². The molecule has 0 unspecified atom stereocenters. The molecule has 0 aliphatic carbocycles. The van der Waals surface area contributed by atoms with Crippen molar-refractivity contribution in [1.82, 2.24) is 4.90 Å². The summed E-state index contributed by atoms with van der Waals surface area (Å²) in [5.41, 5.74) is 1.92. The molecule has 0 aromatic heterocycles. The van der Waals surface area contributed by atoms with E-state index in [1.807, 2.05) is 0 Å². The van der Waals surface area contributed by atoms with Crippen LogP contribution >= 0.6 is 50.9 Å². The SMILES string of the molecule is O=C(CN1C(=O)S/C(=C/c2ccc(OCc3ccc(Cl)cc3Cl)c(Br)c2)C1=O)Nc1ccc2c(c1)OCCO2. The minimum absolute atomic E-state index is 0.209. The summed E-state index contributed by atoms with van der Waals surface area (Å²) in [7, 11) is 0. The van der Waals surface area contributed by atoms with Crippen LogP contribution in [0.25, 0.3) is 6.08 Å². The van der Waals surface area contributed by atoms with E-state index in [-0.39, 0.29) is 11.5 Å². The molecule has 2 heterocycles. The number of thioether (sulfide) groups is 1. The standard InChI is InChI=1S/C27H19BrCl2N2O6S/c28-19-9-15(1-5-21(19)38-14-16-2-3-17(29)11-20(16)30)10-24-26(34)32(27(35)39-24)13-25(33)31-18-4-6-22-23(12-18)37-8-7-36-22/h1-6,9-12H,7-8,13-14H2,(H,31,33)/b24-10+. The lowest BCUT2D eigenvalue weighted by Crippen LogP contribution is -2.36. The van der Waals surface area contributed by atoms with Crippen LogP contribution in [0.3, 0.4) is 0 Å². The summed E-state index contributed by atoms with van der Waals surface area (Å²) in [4.78, 5) is 39.1. The third kappa shape index (κ3) is 6.52. The average molecular weight is 650 g/mol. The molecule has 39 heavy (non-hydrogen) atoms. The number of ether oxygens (including phenoxy) is 3. The molecule has 1 saturated heterocycles. The molecule has 1 N–H and O–H groups in total. The van der Waals surface area contributed by atoms with Gasteiger partial charge in [-0.2, -0.15) is 0 Å². The van der Waals surface area contributed by atoms with E-state index >= 15 is 0 Å². The first-order chi connectivity index (χ1) is 18.8. The first kappa shape index (κ1) is 27.4. The van der Waals surface area contributed by atoms with Gasteiger partial charge in [0.05, 0.1) is 9.38 Å². The van der Waals surface area contributed by atoms with E-state index in [0.29, 0.717) is 56.2 Å². The Morgan fingerprint density at radius 1 is 1.05 bits per heavy atom. The molecule has 3 aromatic carbocycles. The highest BCUT2D eigenvalue weighted by atomic mass is 79.9. The quantitative estimate of drug-likeness (QED) is 0.282. The average Bonchev–Trinajstić information content (AvgIpc) is 3.16. The second kappa shape index (κ2) is 11.9. The number of nitrogens with zero attached hydrogens (tertiary/aromatic N) is 1. The molecule has 3 aromatic rings. The molecule has 3 amide bonds. The minimum Gasteiger partial charge on any atom is -0.488 e. The summed E-state index contributed by atoms with van der Waals surface area (Å²) in [6.45, 7) is 0.694. The number of hydrogen-bond acceptors (Lipinski definition) is 7. The number of hydrogen-bond donors (Lipinski definition) is 1. The zero-order chi connectivity index (χ0) is 27.5. The maximum atomic E-state index is 12.9. The van der Waals surface area contributed by atoms with E-state index in [1.54, 1.807) is 60.7 Å². The largest absolute Gasteiger partial charge is 0.488 e. The molecule has 0 atom stereocenters.